The van der Waals surface area contributed by atoms with Crippen molar-refractivity contribution in [2.45, 2.75) is 39.7 Å². The van der Waals surface area contributed by atoms with Gasteiger partial charge in [-0.05, 0) is 44.0 Å². The quantitative estimate of drug-likeness (QED) is 0.709. The van der Waals surface area contributed by atoms with Crippen molar-refractivity contribution in [3.8, 4) is 12.3 Å². The first-order valence-corrected chi connectivity index (χ1v) is 8.14. The molecule has 1 N–H and O–H groups in total. The first-order valence-electron chi connectivity index (χ1n) is 7.35. The maximum Gasteiger partial charge on any atom is 0.0791 e. The Kier molecular flexibility index (Phi) is 7.72. The number of nitrogens with zero attached hydrogens (tertiary/aromatic N) is 1. The van der Waals surface area contributed by atoms with Crippen molar-refractivity contribution in [1.29, 1.82) is 0 Å². The number of halogens is 1. The fourth-order valence-corrected chi connectivity index (χ4v) is 2.64. The molecular formula is C17H25BrN2. The zero-order valence-corrected chi connectivity index (χ0v) is 14.3. The van der Waals surface area contributed by atoms with E-state index in [-0.39, 0.29) is 0 Å². The van der Waals surface area contributed by atoms with Crippen LogP contribution in [0.25, 0.3) is 0 Å². The largest absolute Gasteiger partial charge is 0.360 e. The molecule has 0 fully saturated rings. The van der Waals surface area contributed by atoms with Crippen molar-refractivity contribution in [3.63, 3.8) is 0 Å². The van der Waals surface area contributed by atoms with E-state index in [1.54, 1.807) is 0 Å². The Morgan fingerprint density at radius 2 is 2.10 bits per heavy atom. The Morgan fingerprint density at radius 3 is 2.70 bits per heavy atom. The molecule has 0 saturated heterocycles. The zero-order valence-electron chi connectivity index (χ0n) is 12.7. The molecule has 0 spiro atoms. The van der Waals surface area contributed by atoms with E-state index < -0.39 is 0 Å². The minimum Gasteiger partial charge on any atom is -0.360 e. The van der Waals surface area contributed by atoms with Crippen molar-refractivity contribution in [3.05, 3.63) is 28.2 Å². The lowest BCUT2D eigenvalue weighted by Crippen LogP contribution is -2.28. The maximum absolute atomic E-state index is 5.52. The highest BCUT2D eigenvalue weighted by Crippen LogP contribution is 2.30. The predicted molar refractivity (Wildman–Crippen MR) is 92.2 cm³/mol. The van der Waals surface area contributed by atoms with Crippen LogP contribution in [0, 0.1) is 12.3 Å². The first kappa shape index (κ1) is 17.1. The van der Waals surface area contributed by atoms with Crippen molar-refractivity contribution in [1.82, 2.24) is 5.32 Å². The molecule has 1 rings (SSSR count). The van der Waals surface area contributed by atoms with E-state index in [1.165, 1.54) is 11.3 Å². The van der Waals surface area contributed by atoms with Gasteiger partial charge in [0.15, 0.2) is 0 Å². The number of anilines is 1. The number of terminal acetylenes is 1. The molecule has 0 aliphatic carbocycles. The summed E-state index contributed by atoms with van der Waals surface area (Å²) in [6, 6.07) is 6.79. The van der Waals surface area contributed by atoms with Gasteiger partial charge in [0.1, 0.15) is 0 Å². The number of hydrogen-bond donors (Lipinski definition) is 1. The second kappa shape index (κ2) is 9.05. The van der Waals surface area contributed by atoms with E-state index in [1.807, 2.05) is 0 Å². The molecule has 2 nitrogen and oxygen atoms in total. The number of hydrogen-bond acceptors (Lipinski definition) is 2. The Bertz CT molecular complexity index is 451. The number of benzene rings is 1. The van der Waals surface area contributed by atoms with Crippen LogP contribution in [0.5, 0.6) is 0 Å². The van der Waals surface area contributed by atoms with E-state index in [2.05, 4.69) is 71.0 Å². The molecule has 0 radical (unpaired) electrons. The fraction of sp³-hybridized carbons (Fsp3) is 0.529. The molecule has 0 amide bonds. The Balaban J connectivity index is 3.07. The third kappa shape index (κ3) is 4.85. The summed E-state index contributed by atoms with van der Waals surface area (Å²) < 4.78 is 1.09. The van der Waals surface area contributed by atoms with E-state index >= 15 is 0 Å². The van der Waals surface area contributed by atoms with Crippen LogP contribution in [-0.4, -0.2) is 19.6 Å². The summed E-state index contributed by atoms with van der Waals surface area (Å²) in [5, 5.41) is 3.55. The average Bonchev–Trinajstić information content (AvgIpc) is 2.44. The third-order valence-corrected chi connectivity index (χ3v) is 3.77. The van der Waals surface area contributed by atoms with E-state index in [0.717, 1.165) is 30.4 Å². The van der Waals surface area contributed by atoms with Gasteiger partial charge in [-0.2, -0.15) is 0 Å². The van der Waals surface area contributed by atoms with Gasteiger partial charge < -0.3 is 10.2 Å². The molecular weight excluding hydrogens is 312 g/mol. The average molecular weight is 337 g/mol. The van der Waals surface area contributed by atoms with E-state index in [4.69, 9.17) is 6.42 Å². The molecule has 0 heterocycles. The molecule has 1 aromatic rings. The van der Waals surface area contributed by atoms with Gasteiger partial charge in [-0.1, -0.05) is 41.8 Å². The summed E-state index contributed by atoms with van der Waals surface area (Å²) in [5.41, 5.74) is 2.54. The number of nitrogens with one attached hydrogen (secondary N) is 1. The van der Waals surface area contributed by atoms with Gasteiger partial charge in [-0.3, -0.25) is 0 Å². The van der Waals surface area contributed by atoms with Crippen molar-refractivity contribution >= 4 is 21.6 Å². The van der Waals surface area contributed by atoms with Crippen molar-refractivity contribution in [2.24, 2.45) is 0 Å². The summed E-state index contributed by atoms with van der Waals surface area (Å²) in [7, 11) is 0. The van der Waals surface area contributed by atoms with E-state index in [0.29, 0.717) is 12.6 Å². The van der Waals surface area contributed by atoms with Crippen LogP contribution in [0.15, 0.2) is 22.7 Å². The summed E-state index contributed by atoms with van der Waals surface area (Å²) >= 11 is 3.57. The molecule has 0 aliphatic heterocycles. The van der Waals surface area contributed by atoms with Gasteiger partial charge in [0.25, 0.3) is 0 Å². The van der Waals surface area contributed by atoms with Crippen molar-refractivity contribution < 1.29 is 0 Å². The van der Waals surface area contributed by atoms with Gasteiger partial charge in [-0.25, -0.2) is 0 Å². The normalized spacial score (nSPS) is 11.9. The van der Waals surface area contributed by atoms with Crippen LogP contribution in [-0.2, 0) is 0 Å². The van der Waals surface area contributed by atoms with Crippen molar-refractivity contribution in [2.75, 3.05) is 24.5 Å². The molecule has 1 aromatic carbocycles. The minimum atomic E-state index is 0.329. The number of rotatable bonds is 8. The van der Waals surface area contributed by atoms with Crippen LogP contribution in [0.3, 0.4) is 0 Å². The maximum atomic E-state index is 5.52. The lowest BCUT2D eigenvalue weighted by atomic mass is 10.0. The summed E-state index contributed by atoms with van der Waals surface area (Å²) in [4.78, 5) is 2.28. The van der Waals surface area contributed by atoms with Gasteiger partial charge in [0.05, 0.1) is 6.54 Å². The third-order valence-electron chi connectivity index (χ3n) is 3.28. The monoisotopic (exact) mass is 336 g/mol. The molecule has 1 unspecified atom stereocenters. The van der Waals surface area contributed by atoms with Crippen LogP contribution in [0.1, 0.15) is 45.2 Å². The SMILES string of the molecule is C#CCN(CCC)c1cc(Br)ccc1C(C)NCCC. The molecule has 0 saturated carbocycles. The standard InChI is InChI=1S/C17H25BrN2/c1-5-10-19-14(4)16-9-8-15(18)13-17(16)20(11-6-2)12-7-3/h2,8-9,13-14,19H,5,7,10-12H2,1,3-4H3. The van der Waals surface area contributed by atoms with Gasteiger partial charge in [-0.15, -0.1) is 6.42 Å². The highest BCUT2D eigenvalue weighted by Gasteiger charge is 2.15. The lowest BCUT2D eigenvalue weighted by Gasteiger charge is -2.27. The highest BCUT2D eigenvalue weighted by atomic mass is 79.9. The second-order valence-corrected chi connectivity index (χ2v) is 5.92. The van der Waals surface area contributed by atoms with Crippen LogP contribution < -0.4 is 10.2 Å². The predicted octanol–water partition coefficient (Wildman–Crippen LogP) is 4.36. The zero-order chi connectivity index (χ0) is 15.0. The molecule has 3 heteroatoms. The van der Waals surface area contributed by atoms with E-state index in [9.17, 15) is 0 Å². The van der Waals surface area contributed by atoms with Crippen LogP contribution in [0.4, 0.5) is 5.69 Å². The van der Waals surface area contributed by atoms with Gasteiger partial charge in [0, 0.05) is 22.7 Å². The summed E-state index contributed by atoms with van der Waals surface area (Å²) in [6.45, 7) is 9.23. The molecule has 110 valence electrons. The van der Waals surface area contributed by atoms with Crippen LogP contribution >= 0.6 is 15.9 Å². The molecule has 0 bridgehead atoms. The Hall–Kier alpha value is -0.980. The summed E-state index contributed by atoms with van der Waals surface area (Å²) in [6.07, 6.45) is 7.75. The van der Waals surface area contributed by atoms with Gasteiger partial charge in [0.2, 0.25) is 0 Å². The second-order valence-electron chi connectivity index (χ2n) is 5.00. The molecule has 0 aliphatic rings. The Morgan fingerprint density at radius 1 is 1.35 bits per heavy atom. The Labute approximate surface area is 132 Å². The topological polar surface area (TPSA) is 15.3 Å². The molecule has 20 heavy (non-hydrogen) atoms. The first-order chi connectivity index (χ1) is 9.63. The highest BCUT2D eigenvalue weighted by molar-refractivity contribution is 9.10. The van der Waals surface area contributed by atoms with Gasteiger partial charge >= 0.3 is 0 Å². The smallest absolute Gasteiger partial charge is 0.0791 e. The molecule has 0 aromatic heterocycles. The lowest BCUT2D eigenvalue weighted by molar-refractivity contribution is 0.569. The summed E-state index contributed by atoms with van der Waals surface area (Å²) in [5.74, 6) is 2.77. The minimum absolute atomic E-state index is 0.329. The molecule has 1 atom stereocenters. The van der Waals surface area contributed by atoms with Crippen LogP contribution in [0.2, 0.25) is 0 Å². The fourth-order valence-electron chi connectivity index (χ4n) is 2.29.